The minimum Gasteiger partial charge on any atom is -0.369 e. The van der Waals surface area contributed by atoms with Crippen LogP contribution in [0.4, 0.5) is 11.4 Å². The predicted octanol–water partition coefficient (Wildman–Crippen LogP) is 1.98. The minimum atomic E-state index is -0.384. The lowest BCUT2D eigenvalue weighted by Crippen LogP contribution is -2.43. The van der Waals surface area contributed by atoms with Crippen molar-refractivity contribution in [3.8, 4) is 11.3 Å². The zero-order valence-electron chi connectivity index (χ0n) is 16.7. The molecule has 1 fully saturated rings. The van der Waals surface area contributed by atoms with Gasteiger partial charge in [0.25, 0.3) is 11.5 Å². The Morgan fingerprint density at radius 2 is 1.87 bits per heavy atom. The fraction of sp³-hybridized carbons (Fsp3) is 0.182. The number of hydrogen-bond acceptors (Lipinski definition) is 6. The highest BCUT2D eigenvalue weighted by atomic mass is 16.2. The SMILES string of the molecule is O=C(Nc1cc(-c2cnc3[nH]ccc3n2)c[nH]c1=O)c1ccc(N2CCNCC2)cc1. The molecule has 0 saturated carbocycles. The van der Waals surface area contributed by atoms with Crippen molar-refractivity contribution in [3.63, 3.8) is 0 Å². The number of aromatic amines is 2. The van der Waals surface area contributed by atoms with E-state index in [2.05, 4.69) is 35.5 Å². The molecule has 0 bridgehead atoms. The van der Waals surface area contributed by atoms with Gasteiger partial charge in [-0.05, 0) is 36.4 Å². The monoisotopic (exact) mass is 415 g/mol. The number of amides is 1. The predicted molar refractivity (Wildman–Crippen MR) is 119 cm³/mol. The van der Waals surface area contributed by atoms with Crippen LogP contribution in [0.5, 0.6) is 0 Å². The normalized spacial score (nSPS) is 14.0. The zero-order chi connectivity index (χ0) is 21.2. The van der Waals surface area contributed by atoms with Gasteiger partial charge < -0.3 is 25.5 Å². The van der Waals surface area contributed by atoms with Gasteiger partial charge in [-0.15, -0.1) is 0 Å². The molecular formula is C22H21N7O2. The average molecular weight is 415 g/mol. The Morgan fingerprint density at radius 1 is 1.06 bits per heavy atom. The molecule has 4 heterocycles. The second kappa shape index (κ2) is 8.04. The number of piperazine rings is 1. The van der Waals surface area contributed by atoms with Crippen molar-refractivity contribution < 1.29 is 4.79 Å². The summed E-state index contributed by atoms with van der Waals surface area (Å²) in [5, 5.41) is 6.03. The van der Waals surface area contributed by atoms with E-state index in [-0.39, 0.29) is 17.2 Å². The van der Waals surface area contributed by atoms with Crippen LogP contribution in [0, 0.1) is 0 Å². The van der Waals surface area contributed by atoms with E-state index in [1.54, 1.807) is 36.8 Å². The third-order valence-corrected chi connectivity index (χ3v) is 5.32. The maximum Gasteiger partial charge on any atom is 0.271 e. The fourth-order valence-electron chi connectivity index (χ4n) is 3.64. The fourth-order valence-corrected chi connectivity index (χ4v) is 3.64. The summed E-state index contributed by atoms with van der Waals surface area (Å²) in [6.07, 6.45) is 4.94. The third-order valence-electron chi connectivity index (χ3n) is 5.32. The van der Waals surface area contributed by atoms with Crippen LogP contribution in [0.1, 0.15) is 10.4 Å². The molecule has 0 radical (unpaired) electrons. The number of benzene rings is 1. The molecule has 3 aromatic heterocycles. The number of pyridine rings is 1. The molecule has 31 heavy (non-hydrogen) atoms. The van der Waals surface area contributed by atoms with Crippen LogP contribution in [-0.4, -0.2) is 52.0 Å². The maximum atomic E-state index is 12.7. The number of nitrogens with one attached hydrogen (secondary N) is 4. The van der Waals surface area contributed by atoms with E-state index in [1.807, 2.05) is 18.2 Å². The van der Waals surface area contributed by atoms with Gasteiger partial charge in [0.1, 0.15) is 11.2 Å². The second-order valence-corrected chi connectivity index (χ2v) is 7.34. The summed E-state index contributed by atoms with van der Waals surface area (Å²) in [4.78, 5) is 41.8. The quantitative estimate of drug-likeness (QED) is 0.405. The van der Waals surface area contributed by atoms with Gasteiger partial charge in [-0.1, -0.05) is 0 Å². The summed E-state index contributed by atoms with van der Waals surface area (Å²) < 4.78 is 0. The van der Waals surface area contributed by atoms with Gasteiger partial charge in [0.05, 0.1) is 11.9 Å². The molecule has 156 valence electrons. The summed E-state index contributed by atoms with van der Waals surface area (Å²) >= 11 is 0. The smallest absolute Gasteiger partial charge is 0.271 e. The molecule has 1 aromatic carbocycles. The summed E-state index contributed by atoms with van der Waals surface area (Å²) in [6, 6.07) is 10.8. The van der Waals surface area contributed by atoms with Crippen molar-refractivity contribution in [3.05, 3.63) is 70.9 Å². The number of carbonyl (C=O) groups excluding carboxylic acids is 1. The van der Waals surface area contributed by atoms with Gasteiger partial charge in [-0.3, -0.25) is 9.59 Å². The van der Waals surface area contributed by atoms with Gasteiger partial charge in [0.15, 0.2) is 5.65 Å². The Balaban J connectivity index is 1.36. The van der Waals surface area contributed by atoms with Crippen LogP contribution in [0.15, 0.2) is 59.8 Å². The molecule has 9 nitrogen and oxygen atoms in total. The lowest BCUT2D eigenvalue weighted by molar-refractivity contribution is 0.102. The topological polar surface area (TPSA) is 119 Å². The first-order valence-corrected chi connectivity index (χ1v) is 10.1. The average Bonchev–Trinajstić information content (AvgIpc) is 3.29. The molecule has 1 aliphatic heterocycles. The molecule has 0 spiro atoms. The van der Waals surface area contributed by atoms with Crippen LogP contribution in [0.2, 0.25) is 0 Å². The van der Waals surface area contributed by atoms with Crippen molar-refractivity contribution in [2.24, 2.45) is 0 Å². The maximum absolute atomic E-state index is 12.7. The molecule has 5 rings (SSSR count). The molecule has 1 aliphatic rings. The molecule has 4 N–H and O–H groups in total. The molecule has 0 unspecified atom stereocenters. The Bertz CT molecular complexity index is 1290. The Morgan fingerprint density at radius 3 is 2.68 bits per heavy atom. The first kappa shape index (κ1) is 19.0. The minimum absolute atomic E-state index is 0.157. The lowest BCUT2D eigenvalue weighted by atomic mass is 10.1. The lowest BCUT2D eigenvalue weighted by Gasteiger charge is -2.29. The highest BCUT2D eigenvalue weighted by molar-refractivity contribution is 6.04. The Labute approximate surface area is 177 Å². The molecule has 1 amide bonds. The molecular weight excluding hydrogens is 394 g/mol. The van der Waals surface area contributed by atoms with Gasteiger partial charge in [0.2, 0.25) is 0 Å². The van der Waals surface area contributed by atoms with Crippen molar-refractivity contribution in [1.29, 1.82) is 0 Å². The first-order valence-electron chi connectivity index (χ1n) is 10.1. The number of hydrogen-bond donors (Lipinski definition) is 4. The van der Waals surface area contributed by atoms with E-state index < -0.39 is 0 Å². The van der Waals surface area contributed by atoms with E-state index in [0.29, 0.717) is 22.5 Å². The molecule has 4 aromatic rings. The second-order valence-electron chi connectivity index (χ2n) is 7.34. The van der Waals surface area contributed by atoms with E-state index in [1.165, 1.54) is 0 Å². The molecule has 0 aliphatic carbocycles. The standard InChI is InChI=1S/C22H21N7O2/c30-21(14-1-3-16(4-2-14)29-9-7-23-8-10-29)28-18-11-15(12-26-22(18)31)19-13-25-20-17(27-19)5-6-24-20/h1-6,11-13,23H,7-10H2,(H,24,25)(H,26,31)(H,28,30). The number of aromatic nitrogens is 4. The van der Waals surface area contributed by atoms with Crippen LogP contribution in [-0.2, 0) is 0 Å². The number of fused-ring (bicyclic) bond motifs is 1. The number of carbonyl (C=O) groups is 1. The van der Waals surface area contributed by atoms with E-state index in [0.717, 1.165) is 37.4 Å². The number of anilines is 2. The van der Waals surface area contributed by atoms with Crippen molar-refractivity contribution in [2.45, 2.75) is 0 Å². The van der Waals surface area contributed by atoms with E-state index >= 15 is 0 Å². The number of rotatable bonds is 4. The number of nitrogens with zero attached hydrogens (tertiary/aromatic N) is 3. The summed E-state index contributed by atoms with van der Waals surface area (Å²) in [6.45, 7) is 3.77. The Kier molecular flexibility index (Phi) is 4.93. The molecule has 1 saturated heterocycles. The highest BCUT2D eigenvalue weighted by Gasteiger charge is 2.14. The largest absolute Gasteiger partial charge is 0.369 e. The highest BCUT2D eigenvalue weighted by Crippen LogP contribution is 2.20. The van der Waals surface area contributed by atoms with E-state index in [9.17, 15) is 9.59 Å². The van der Waals surface area contributed by atoms with Gasteiger partial charge in [-0.25, -0.2) is 9.97 Å². The van der Waals surface area contributed by atoms with Crippen molar-refractivity contribution in [1.82, 2.24) is 25.3 Å². The summed E-state index contributed by atoms with van der Waals surface area (Å²) in [5.74, 6) is -0.346. The summed E-state index contributed by atoms with van der Waals surface area (Å²) in [5.41, 5.74) is 3.99. The number of H-pyrrole nitrogens is 2. The van der Waals surface area contributed by atoms with Crippen molar-refractivity contribution in [2.75, 3.05) is 36.4 Å². The molecule has 0 atom stereocenters. The molecule has 9 heteroatoms. The van der Waals surface area contributed by atoms with Crippen molar-refractivity contribution >= 4 is 28.4 Å². The van der Waals surface area contributed by atoms with Gasteiger partial charge >= 0.3 is 0 Å². The van der Waals surface area contributed by atoms with Crippen LogP contribution < -0.4 is 21.1 Å². The summed E-state index contributed by atoms with van der Waals surface area (Å²) in [7, 11) is 0. The Hall–Kier alpha value is -3.98. The first-order chi connectivity index (χ1) is 15.2. The van der Waals surface area contributed by atoms with Crippen LogP contribution in [0.3, 0.4) is 0 Å². The van der Waals surface area contributed by atoms with Crippen LogP contribution in [0.25, 0.3) is 22.4 Å². The third kappa shape index (κ3) is 3.90. The van der Waals surface area contributed by atoms with Crippen LogP contribution >= 0.6 is 0 Å². The zero-order valence-corrected chi connectivity index (χ0v) is 16.7. The van der Waals surface area contributed by atoms with Gasteiger partial charge in [0, 0.05) is 55.4 Å². The van der Waals surface area contributed by atoms with Gasteiger partial charge in [-0.2, -0.15) is 0 Å². The van der Waals surface area contributed by atoms with E-state index in [4.69, 9.17) is 0 Å².